The second kappa shape index (κ2) is 6.43. The van der Waals surface area contributed by atoms with Crippen molar-refractivity contribution in [2.45, 2.75) is 31.5 Å². The van der Waals surface area contributed by atoms with Crippen LogP contribution in [0.2, 0.25) is 10.0 Å². The number of hydrogen-bond acceptors (Lipinski definition) is 2. The Bertz CT molecular complexity index is 769. The fourth-order valence-corrected chi connectivity index (χ4v) is 3.61. The minimum atomic E-state index is -0.128. The molecule has 126 valence electrons. The van der Waals surface area contributed by atoms with Gasteiger partial charge in [-0.05, 0) is 42.7 Å². The van der Waals surface area contributed by atoms with Gasteiger partial charge in [0.25, 0.3) is 0 Å². The number of carbonyl (C=O) groups is 1. The lowest BCUT2D eigenvalue weighted by Gasteiger charge is -2.37. The van der Waals surface area contributed by atoms with Crippen LogP contribution >= 0.6 is 23.2 Å². The molecule has 1 aliphatic carbocycles. The van der Waals surface area contributed by atoms with Crippen LogP contribution in [0.1, 0.15) is 30.1 Å². The average Bonchev–Trinajstić information content (AvgIpc) is 3.29. The molecule has 1 amide bonds. The van der Waals surface area contributed by atoms with Gasteiger partial charge >= 0.3 is 0 Å². The van der Waals surface area contributed by atoms with Gasteiger partial charge in [0.05, 0.1) is 22.6 Å². The molecular formula is C18H19Cl2N3O. The van der Waals surface area contributed by atoms with Crippen molar-refractivity contribution in [3.8, 4) is 0 Å². The normalized spacial score (nSPS) is 20.1. The van der Waals surface area contributed by atoms with Crippen molar-refractivity contribution >= 4 is 29.1 Å². The first-order valence-electron chi connectivity index (χ1n) is 8.26. The van der Waals surface area contributed by atoms with Crippen LogP contribution in [0.4, 0.5) is 0 Å². The van der Waals surface area contributed by atoms with E-state index in [1.165, 1.54) is 12.8 Å². The molecule has 2 aromatic rings. The number of hydrogen-bond donors (Lipinski definition) is 1. The molecule has 1 aliphatic heterocycles. The van der Waals surface area contributed by atoms with E-state index in [1.807, 2.05) is 23.1 Å². The van der Waals surface area contributed by atoms with Crippen molar-refractivity contribution in [3.05, 3.63) is 57.8 Å². The van der Waals surface area contributed by atoms with Crippen LogP contribution in [0.25, 0.3) is 0 Å². The summed E-state index contributed by atoms with van der Waals surface area (Å²) in [6, 6.07) is 10.1. The molecular weight excluding hydrogens is 345 g/mol. The lowest BCUT2D eigenvalue weighted by Crippen LogP contribution is -2.46. The van der Waals surface area contributed by atoms with E-state index in [0.29, 0.717) is 29.2 Å². The number of carbonyl (C=O) groups excluding carboxylic acids is 1. The molecule has 24 heavy (non-hydrogen) atoms. The van der Waals surface area contributed by atoms with Crippen molar-refractivity contribution in [3.63, 3.8) is 0 Å². The second-order valence-corrected chi connectivity index (χ2v) is 7.26. The third-order valence-corrected chi connectivity index (χ3v) is 5.48. The van der Waals surface area contributed by atoms with Crippen LogP contribution in [-0.4, -0.2) is 34.5 Å². The Kier molecular flexibility index (Phi) is 4.29. The smallest absolute Gasteiger partial charge is 0.237 e. The maximum absolute atomic E-state index is 12.8. The Labute approximate surface area is 151 Å². The summed E-state index contributed by atoms with van der Waals surface area (Å²) in [7, 11) is 0. The van der Waals surface area contributed by atoms with E-state index in [9.17, 15) is 4.79 Å². The minimum Gasteiger partial charge on any atom is -0.348 e. The van der Waals surface area contributed by atoms with Gasteiger partial charge in [0.2, 0.25) is 5.91 Å². The highest BCUT2D eigenvalue weighted by Gasteiger charge is 2.33. The fraction of sp³-hybridized carbons (Fsp3) is 0.389. The van der Waals surface area contributed by atoms with Crippen LogP contribution in [0.15, 0.2) is 36.5 Å². The Morgan fingerprint density at radius 2 is 2.00 bits per heavy atom. The molecule has 2 heterocycles. The summed E-state index contributed by atoms with van der Waals surface area (Å²) >= 11 is 12.3. The van der Waals surface area contributed by atoms with Gasteiger partial charge in [-0.25, -0.2) is 0 Å². The summed E-state index contributed by atoms with van der Waals surface area (Å²) in [6.45, 7) is 1.90. The van der Waals surface area contributed by atoms with Gasteiger partial charge in [-0.2, -0.15) is 0 Å². The van der Waals surface area contributed by atoms with Crippen molar-refractivity contribution in [1.82, 2.24) is 14.8 Å². The lowest BCUT2D eigenvalue weighted by molar-refractivity contribution is -0.133. The van der Waals surface area contributed by atoms with E-state index < -0.39 is 0 Å². The van der Waals surface area contributed by atoms with Gasteiger partial charge < -0.3 is 14.8 Å². The molecule has 4 rings (SSSR count). The number of rotatable bonds is 4. The van der Waals surface area contributed by atoms with Gasteiger partial charge in [-0.3, -0.25) is 4.79 Å². The van der Waals surface area contributed by atoms with Gasteiger partial charge in [0.15, 0.2) is 0 Å². The number of halogens is 2. The summed E-state index contributed by atoms with van der Waals surface area (Å²) in [5, 5.41) is 4.36. The second-order valence-electron chi connectivity index (χ2n) is 6.44. The number of nitrogens with zero attached hydrogens (tertiary/aromatic N) is 2. The first-order valence-corrected chi connectivity index (χ1v) is 9.02. The van der Waals surface area contributed by atoms with E-state index >= 15 is 0 Å². The lowest BCUT2D eigenvalue weighted by atomic mass is 10.00. The number of benzene rings is 1. The highest BCUT2D eigenvalue weighted by Crippen LogP contribution is 2.35. The van der Waals surface area contributed by atoms with E-state index in [0.717, 1.165) is 17.8 Å². The summed E-state index contributed by atoms with van der Waals surface area (Å²) < 4.78 is 2.20. The molecule has 1 unspecified atom stereocenters. The summed E-state index contributed by atoms with van der Waals surface area (Å²) in [5.74, 6) is 0.130. The Balaban J connectivity index is 1.66. The van der Waals surface area contributed by atoms with E-state index in [1.54, 1.807) is 6.07 Å². The topological polar surface area (TPSA) is 37.3 Å². The highest BCUT2D eigenvalue weighted by molar-refractivity contribution is 6.42. The molecule has 0 saturated heterocycles. The van der Waals surface area contributed by atoms with Crippen LogP contribution in [-0.2, 0) is 11.3 Å². The van der Waals surface area contributed by atoms with Gasteiger partial charge in [0.1, 0.15) is 0 Å². The van der Waals surface area contributed by atoms with Crippen LogP contribution in [0.5, 0.6) is 0 Å². The number of amides is 1. The van der Waals surface area contributed by atoms with Crippen molar-refractivity contribution < 1.29 is 4.79 Å². The highest BCUT2D eigenvalue weighted by atomic mass is 35.5. The predicted molar refractivity (Wildman–Crippen MR) is 95.5 cm³/mol. The monoisotopic (exact) mass is 363 g/mol. The van der Waals surface area contributed by atoms with E-state index in [2.05, 4.69) is 22.1 Å². The van der Waals surface area contributed by atoms with E-state index in [-0.39, 0.29) is 11.9 Å². The standard InChI is InChI=1S/C18H19Cl2N3O/c19-14-6-3-12(10-15(14)20)18-16-2-1-7-22(16)8-9-23(18)17(24)11-21-13-4-5-13/h1-3,6-7,10,13,18,21H,4-5,8-9,11H2. The summed E-state index contributed by atoms with van der Waals surface area (Å²) in [5.41, 5.74) is 2.10. The van der Waals surface area contributed by atoms with Crippen molar-refractivity contribution in [2.75, 3.05) is 13.1 Å². The molecule has 6 heteroatoms. The molecule has 1 atom stereocenters. The zero-order valence-corrected chi connectivity index (χ0v) is 14.7. The third kappa shape index (κ3) is 3.06. The first kappa shape index (κ1) is 16.0. The zero-order chi connectivity index (χ0) is 16.7. The third-order valence-electron chi connectivity index (χ3n) is 4.74. The quantitative estimate of drug-likeness (QED) is 0.902. The van der Waals surface area contributed by atoms with Crippen LogP contribution in [0.3, 0.4) is 0 Å². The summed E-state index contributed by atoms with van der Waals surface area (Å²) in [4.78, 5) is 14.7. The number of fused-ring (bicyclic) bond motifs is 1. The largest absolute Gasteiger partial charge is 0.348 e. The molecule has 0 spiro atoms. The van der Waals surface area contributed by atoms with Crippen molar-refractivity contribution in [2.24, 2.45) is 0 Å². The Hall–Kier alpha value is -1.49. The first-order chi connectivity index (χ1) is 11.6. The summed E-state index contributed by atoms with van der Waals surface area (Å²) in [6.07, 6.45) is 4.41. The fourth-order valence-electron chi connectivity index (χ4n) is 3.31. The Morgan fingerprint density at radius 1 is 1.17 bits per heavy atom. The molecule has 0 radical (unpaired) electrons. The van der Waals surface area contributed by atoms with Gasteiger partial charge in [0, 0.05) is 31.0 Å². The molecule has 2 aliphatic rings. The molecule has 1 saturated carbocycles. The Morgan fingerprint density at radius 3 is 2.75 bits per heavy atom. The van der Waals surface area contributed by atoms with Gasteiger partial charge in [-0.1, -0.05) is 29.3 Å². The molecule has 1 fully saturated rings. The van der Waals surface area contributed by atoms with Crippen LogP contribution in [0, 0.1) is 0 Å². The molecule has 1 aromatic heterocycles. The van der Waals surface area contributed by atoms with E-state index in [4.69, 9.17) is 23.2 Å². The predicted octanol–water partition coefficient (Wildman–Crippen LogP) is 3.48. The minimum absolute atomic E-state index is 0.128. The number of nitrogens with one attached hydrogen (secondary N) is 1. The maximum Gasteiger partial charge on any atom is 0.237 e. The molecule has 1 aromatic carbocycles. The van der Waals surface area contributed by atoms with Crippen LogP contribution < -0.4 is 5.32 Å². The SMILES string of the molecule is O=C(CNC1CC1)N1CCn2cccc2C1c1ccc(Cl)c(Cl)c1. The maximum atomic E-state index is 12.8. The molecule has 4 nitrogen and oxygen atoms in total. The molecule has 1 N–H and O–H groups in total. The average molecular weight is 364 g/mol. The van der Waals surface area contributed by atoms with Crippen molar-refractivity contribution in [1.29, 1.82) is 0 Å². The number of aromatic nitrogens is 1. The zero-order valence-electron chi connectivity index (χ0n) is 13.2. The molecule has 0 bridgehead atoms. The van der Waals surface area contributed by atoms with Gasteiger partial charge in [-0.15, -0.1) is 0 Å².